The third kappa shape index (κ3) is 4.89. The Labute approximate surface area is 118 Å². The molecule has 104 valence electrons. The van der Waals surface area contributed by atoms with Crippen LogP contribution in [0.3, 0.4) is 0 Å². The molecule has 0 radical (unpaired) electrons. The minimum absolute atomic E-state index is 0. The van der Waals surface area contributed by atoms with E-state index in [9.17, 15) is 9.59 Å². The minimum Gasteiger partial charge on any atom is -0.353 e. The molecule has 1 aromatic rings. The van der Waals surface area contributed by atoms with Crippen molar-refractivity contribution in [3.8, 4) is 0 Å². The van der Waals surface area contributed by atoms with Crippen LogP contribution in [0, 0.1) is 0 Å². The fourth-order valence-corrected chi connectivity index (χ4v) is 1.87. The van der Waals surface area contributed by atoms with Gasteiger partial charge in [0.2, 0.25) is 11.8 Å². The van der Waals surface area contributed by atoms with Gasteiger partial charge in [-0.15, -0.1) is 12.4 Å². The van der Waals surface area contributed by atoms with Gasteiger partial charge < -0.3 is 16.0 Å². The largest absolute Gasteiger partial charge is 0.353 e. The lowest BCUT2D eigenvalue weighted by Gasteiger charge is -2.22. The van der Waals surface area contributed by atoms with Gasteiger partial charge in [0.25, 0.3) is 0 Å². The average molecular weight is 284 g/mol. The summed E-state index contributed by atoms with van der Waals surface area (Å²) in [6, 6.07) is 9.28. The first-order valence-electron chi connectivity index (χ1n) is 6.07. The number of halogens is 1. The smallest absolute Gasteiger partial charge is 0.237 e. The number of rotatable bonds is 4. The van der Waals surface area contributed by atoms with Crippen LogP contribution in [0.4, 0.5) is 0 Å². The summed E-state index contributed by atoms with van der Waals surface area (Å²) in [6.07, 6.45) is 0.179. The minimum atomic E-state index is -0.408. The molecule has 2 amide bonds. The van der Waals surface area contributed by atoms with E-state index in [2.05, 4.69) is 16.0 Å². The molecule has 1 atom stereocenters. The molecule has 1 aliphatic rings. The van der Waals surface area contributed by atoms with Crippen molar-refractivity contribution in [2.75, 3.05) is 13.1 Å². The zero-order valence-electron chi connectivity index (χ0n) is 10.5. The van der Waals surface area contributed by atoms with Crippen LogP contribution in [0.1, 0.15) is 12.0 Å². The van der Waals surface area contributed by atoms with Crippen LogP contribution in [0.25, 0.3) is 0 Å². The van der Waals surface area contributed by atoms with Crippen LogP contribution in [0.5, 0.6) is 0 Å². The number of hydrogen-bond donors (Lipinski definition) is 3. The van der Waals surface area contributed by atoms with E-state index in [1.807, 2.05) is 30.3 Å². The highest BCUT2D eigenvalue weighted by Crippen LogP contribution is 1.99. The summed E-state index contributed by atoms with van der Waals surface area (Å²) in [4.78, 5) is 23.1. The third-order valence-corrected chi connectivity index (χ3v) is 2.85. The summed E-state index contributed by atoms with van der Waals surface area (Å²) >= 11 is 0. The van der Waals surface area contributed by atoms with Crippen molar-refractivity contribution in [3.05, 3.63) is 35.9 Å². The Bertz CT molecular complexity index is 425. The van der Waals surface area contributed by atoms with Gasteiger partial charge in [0.1, 0.15) is 0 Å². The molecule has 0 saturated carbocycles. The highest BCUT2D eigenvalue weighted by molar-refractivity contribution is 5.88. The molecule has 0 spiro atoms. The SMILES string of the molecule is Cl.O=C(CC1NCCNC1=O)NCc1ccccc1. The molecule has 0 aromatic heterocycles. The maximum atomic E-state index is 11.7. The molecule has 2 rings (SSSR count). The molecular weight excluding hydrogens is 266 g/mol. The van der Waals surface area contributed by atoms with E-state index >= 15 is 0 Å². The fourth-order valence-electron chi connectivity index (χ4n) is 1.87. The molecule has 1 saturated heterocycles. The van der Waals surface area contributed by atoms with Gasteiger partial charge in [0, 0.05) is 19.6 Å². The monoisotopic (exact) mass is 283 g/mol. The highest BCUT2D eigenvalue weighted by Gasteiger charge is 2.23. The van der Waals surface area contributed by atoms with E-state index in [-0.39, 0.29) is 30.6 Å². The number of benzene rings is 1. The van der Waals surface area contributed by atoms with Crippen LogP contribution >= 0.6 is 12.4 Å². The number of hydrogen-bond acceptors (Lipinski definition) is 3. The molecule has 0 bridgehead atoms. The zero-order chi connectivity index (χ0) is 12.8. The third-order valence-electron chi connectivity index (χ3n) is 2.85. The van der Waals surface area contributed by atoms with Gasteiger partial charge in [-0.25, -0.2) is 0 Å². The quantitative estimate of drug-likeness (QED) is 0.739. The van der Waals surface area contributed by atoms with E-state index in [0.717, 1.165) is 5.56 Å². The average Bonchev–Trinajstić information content (AvgIpc) is 2.40. The molecule has 1 aromatic carbocycles. The van der Waals surface area contributed by atoms with Crippen LogP contribution in [-0.2, 0) is 16.1 Å². The van der Waals surface area contributed by atoms with Crippen LogP contribution < -0.4 is 16.0 Å². The van der Waals surface area contributed by atoms with Gasteiger partial charge in [0.15, 0.2) is 0 Å². The maximum absolute atomic E-state index is 11.7. The summed E-state index contributed by atoms with van der Waals surface area (Å²) < 4.78 is 0. The summed E-state index contributed by atoms with van der Waals surface area (Å²) in [5, 5.41) is 8.56. The van der Waals surface area contributed by atoms with Gasteiger partial charge in [-0.2, -0.15) is 0 Å². The summed E-state index contributed by atoms with van der Waals surface area (Å²) in [5.74, 6) is -0.218. The van der Waals surface area contributed by atoms with Crippen LogP contribution in [-0.4, -0.2) is 30.9 Å². The molecule has 1 aliphatic heterocycles. The van der Waals surface area contributed by atoms with Crippen LogP contribution in [0.2, 0.25) is 0 Å². The normalized spacial score (nSPS) is 18.1. The van der Waals surface area contributed by atoms with Crippen molar-refractivity contribution < 1.29 is 9.59 Å². The number of carbonyl (C=O) groups is 2. The summed E-state index contributed by atoms with van der Waals surface area (Å²) in [7, 11) is 0. The molecule has 19 heavy (non-hydrogen) atoms. The lowest BCUT2D eigenvalue weighted by atomic mass is 10.1. The Kier molecular flexibility index (Phi) is 6.32. The van der Waals surface area contributed by atoms with Gasteiger partial charge >= 0.3 is 0 Å². The van der Waals surface area contributed by atoms with Crippen molar-refractivity contribution in [1.82, 2.24) is 16.0 Å². The number of nitrogens with one attached hydrogen (secondary N) is 3. The topological polar surface area (TPSA) is 70.2 Å². The van der Waals surface area contributed by atoms with E-state index in [1.165, 1.54) is 0 Å². The maximum Gasteiger partial charge on any atom is 0.237 e. The Morgan fingerprint density at radius 1 is 1.26 bits per heavy atom. The van der Waals surface area contributed by atoms with E-state index in [0.29, 0.717) is 19.6 Å². The first kappa shape index (κ1) is 15.5. The number of piperazine rings is 1. The molecule has 1 heterocycles. The molecule has 1 unspecified atom stereocenters. The number of carbonyl (C=O) groups excluding carboxylic acids is 2. The molecule has 5 nitrogen and oxygen atoms in total. The Balaban J connectivity index is 0.00000180. The summed E-state index contributed by atoms with van der Waals surface area (Å²) in [6.45, 7) is 1.83. The lowest BCUT2D eigenvalue weighted by Crippen LogP contribution is -2.54. The molecule has 1 fully saturated rings. The summed E-state index contributed by atoms with van der Waals surface area (Å²) in [5.41, 5.74) is 1.05. The fraction of sp³-hybridized carbons (Fsp3) is 0.385. The van der Waals surface area contributed by atoms with Crippen LogP contribution in [0.15, 0.2) is 30.3 Å². The van der Waals surface area contributed by atoms with Gasteiger partial charge in [-0.3, -0.25) is 9.59 Å². The molecule has 3 N–H and O–H groups in total. The first-order chi connectivity index (χ1) is 8.75. The van der Waals surface area contributed by atoms with E-state index in [1.54, 1.807) is 0 Å². The Hall–Kier alpha value is -1.59. The second kappa shape index (κ2) is 7.76. The molecule has 6 heteroatoms. The predicted octanol–water partition coefficient (Wildman–Crippen LogP) is 0.203. The predicted molar refractivity (Wildman–Crippen MR) is 75.0 cm³/mol. The van der Waals surface area contributed by atoms with Crippen molar-refractivity contribution in [1.29, 1.82) is 0 Å². The van der Waals surface area contributed by atoms with Gasteiger partial charge in [-0.05, 0) is 5.56 Å². The first-order valence-corrected chi connectivity index (χ1v) is 6.07. The highest BCUT2D eigenvalue weighted by atomic mass is 35.5. The van der Waals surface area contributed by atoms with Crippen molar-refractivity contribution in [2.24, 2.45) is 0 Å². The molecular formula is C13H18ClN3O2. The Morgan fingerprint density at radius 3 is 2.68 bits per heavy atom. The van der Waals surface area contributed by atoms with Crippen molar-refractivity contribution in [3.63, 3.8) is 0 Å². The zero-order valence-corrected chi connectivity index (χ0v) is 11.3. The molecule has 0 aliphatic carbocycles. The van der Waals surface area contributed by atoms with E-state index < -0.39 is 6.04 Å². The van der Waals surface area contributed by atoms with E-state index in [4.69, 9.17) is 0 Å². The Morgan fingerprint density at radius 2 is 2.00 bits per heavy atom. The standard InChI is InChI=1S/C13H17N3O2.ClH/c17-12(8-11-13(18)15-7-6-14-11)16-9-10-4-2-1-3-5-10;/h1-5,11,14H,6-9H2,(H,15,18)(H,16,17);1H. The number of amides is 2. The van der Waals surface area contributed by atoms with Crippen molar-refractivity contribution in [2.45, 2.75) is 19.0 Å². The van der Waals surface area contributed by atoms with Gasteiger partial charge in [-0.1, -0.05) is 30.3 Å². The second-order valence-corrected chi connectivity index (χ2v) is 4.26. The van der Waals surface area contributed by atoms with Gasteiger partial charge in [0.05, 0.1) is 12.5 Å². The lowest BCUT2D eigenvalue weighted by molar-refractivity contribution is -0.129. The second-order valence-electron chi connectivity index (χ2n) is 4.26. The van der Waals surface area contributed by atoms with Crippen molar-refractivity contribution >= 4 is 24.2 Å².